The zero-order valence-electron chi connectivity index (χ0n) is 19.0. The van der Waals surface area contributed by atoms with Gasteiger partial charge in [-0.15, -0.1) is 0 Å². The predicted octanol–water partition coefficient (Wildman–Crippen LogP) is 5.66. The quantitative estimate of drug-likeness (QED) is 0.343. The van der Waals surface area contributed by atoms with E-state index < -0.39 is 0 Å². The predicted molar refractivity (Wildman–Crippen MR) is 131 cm³/mol. The normalized spacial score (nSPS) is 12.0. The molecule has 7 heteroatoms. The van der Waals surface area contributed by atoms with Crippen LogP contribution in [0.2, 0.25) is 5.02 Å². The first-order valence-corrected chi connectivity index (χ1v) is 11.4. The van der Waals surface area contributed by atoms with Gasteiger partial charge in [-0.2, -0.15) is 0 Å². The van der Waals surface area contributed by atoms with Crippen molar-refractivity contribution in [3.8, 4) is 5.75 Å². The molecule has 6 nitrogen and oxygen atoms in total. The summed E-state index contributed by atoms with van der Waals surface area (Å²) in [5.74, 6) is 1.46. The van der Waals surface area contributed by atoms with Gasteiger partial charge in [0.1, 0.15) is 11.6 Å². The van der Waals surface area contributed by atoms with Gasteiger partial charge in [0.25, 0.3) is 5.91 Å². The van der Waals surface area contributed by atoms with Crippen LogP contribution in [0.3, 0.4) is 0 Å². The molecule has 2 heterocycles. The van der Waals surface area contributed by atoms with Crippen molar-refractivity contribution in [2.45, 2.75) is 39.8 Å². The van der Waals surface area contributed by atoms with Crippen molar-refractivity contribution < 1.29 is 9.53 Å². The summed E-state index contributed by atoms with van der Waals surface area (Å²) in [5.41, 5.74) is 4.47. The van der Waals surface area contributed by atoms with Crippen LogP contribution in [0, 0.1) is 13.8 Å². The number of aromatic nitrogens is 3. The van der Waals surface area contributed by atoms with Gasteiger partial charge < -0.3 is 14.6 Å². The number of amides is 1. The van der Waals surface area contributed by atoms with Gasteiger partial charge in [-0.3, -0.25) is 9.78 Å². The van der Waals surface area contributed by atoms with E-state index in [0.717, 1.165) is 45.2 Å². The third-order valence-electron chi connectivity index (χ3n) is 5.55. The molecule has 1 unspecified atom stereocenters. The number of hydrogen-bond acceptors (Lipinski definition) is 4. The molecule has 1 amide bonds. The Morgan fingerprint density at radius 2 is 1.91 bits per heavy atom. The van der Waals surface area contributed by atoms with Gasteiger partial charge in [0.2, 0.25) is 0 Å². The lowest BCUT2D eigenvalue weighted by atomic mass is 10.1. The highest BCUT2D eigenvalue weighted by atomic mass is 35.5. The van der Waals surface area contributed by atoms with Gasteiger partial charge in [0, 0.05) is 24.0 Å². The number of ether oxygens (including phenoxy) is 1. The van der Waals surface area contributed by atoms with Crippen LogP contribution in [0.1, 0.15) is 46.7 Å². The van der Waals surface area contributed by atoms with Crippen LogP contribution in [0.25, 0.3) is 11.0 Å². The molecule has 2 aromatic heterocycles. The van der Waals surface area contributed by atoms with E-state index in [4.69, 9.17) is 21.3 Å². The zero-order valence-corrected chi connectivity index (χ0v) is 19.8. The number of benzene rings is 2. The average molecular weight is 463 g/mol. The number of carbonyl (C=O) groups is 1. The molecule has 0 saturated carbocycles. The molecule has 170 valence electrons. The van der Waals surface area contributed by atoms with Crippen LogP contribution in [0.4, 0.5) is 0 Å². The van der Waals surface area contributed by atoms with E-state index in [-0.39, 0.29) is 11.9 Å². The van der Waals surface area contributed by atoms with Crippen molar-refractivity contribution in [2.75, 3.05) is 6.61 Å². The summed E-state index contributed by atoms with van der Waals surface area (Å²) in [6.45, 7) is 7.18. The summed E-state index contributed by atoms with van der Waals surface area (Å²) in [6.07, 6.45) is 3.99. The van der Waals surface area contributed by atoms with Crippen LogP contribution in [-0.4, -0.2) is 27.0 Å². The molecule has 0 bridgehead atoms. The minimum atomic E-state index is -0.271. The smallest absolute Gasteiger partial charge is 0.253 e. The Kier molecular flexibility index (Phi) is 6.94. The topological polar surface area (TPSA) is 69.0 Å². The number of para-hydroxylation sites is 2. The lowest BCUT2D eigenvalue weighted by Crippen LogP contribution is -2.29. The third kappa shape index (κ3) is 5.17. The van der Waals surface area contributed by atoms with Gasteiger partial charge in [-0.05, 0) is 74.7 Å². The zero-order chi connectivity index (χ0) is 23.4. The van der Waals surface area contributed by atoms with E-state index in [2.05, 4.69) is 14.9 Å². The third-order valence-corrected chi connectivity index (χ3v) is 6.14. The first kappa shape index (κ1) is 22.8. The van der Waals surface area contributed by atoms with Crippen molar-refractivity contribution in [2.24, 2.45) is 0 Å². The maximum atomic E-state index is 12.6. The Balaban J connectivity index is 1.47. The molecule has 1 N–H and O–H groups in total. The lowest BCUT2D eigenvalue weighted by molar-refractivity contribution is 0.0937. The van der Waals surface area contributed by atoms with Gasteiger partial charge in [0.05, 0.1) is 29.2 Å². The fourth-order valence-electron chi connectivity index (χ4n) is 3.90. The van der Waals surface area contributed by atoms with Crippen molar-refractivity contribution in [3.63, 3.8) is 0 Å². The second-order valence-corrected chi connectivity index (χ2v) is 8.50. The Hall–Kier alpha value is -3.38. The molecule has 0 aliphatic rings. The number of rotatable bonds is 8. The number of aryl methyl sites for hydroxylation is 3. The number of carbonyl (C=O) groups excluding carboxylic acids is 1. The molecule has 0 fully saturated rings. The van der Waals surface area contributed by atoms with Crippen molar-refractivity contribution in [1.29, 1.82) is 0 Å². The van der Waals surface area contributed by atoms with Crippen LogP contribution in [-0.2, 0) is 6.54 Å². The van der Waals surface area contributed by atoms with Crippen LogP contribution < -0.4 is 10.1 Å². The summed E-state index contributed by atoms with van der Waals surface area (Å²) in [4.78, 5) is 21.5. The number of nitrogens with one attached hydrogen (secondary N) is 1. The summed E-state index contributed by atoms with van der Waals surface area (Å²) >= 11 is 6.26. The van der Waals surface area contributed by atoms with Crippen molar-refractivity contribution in [3.05, 3.63) is 88.5 Å². The maximum Gasteiger partial charge on any atom is 0.253 e. The Bertz CT molecular complexity index is 1250. The van der Waals surface area contributed by atoms with Crippen molar-refractivity contribution in [1.82, 2.24) is 19.9 Å². The monoisotopic (exact) mass is 462 g/mol. The van der Waals surface area contributed by atoms with E-state index >= 15 is 0 Å². The Morgan fingerprint density at radius 3 is 2.64 bits per heavy atom. The number of pyridine rings is 1. The van der Waals surface area contributed by atoms with Gasteiger partial charge in [-0.1, -0.05) is 23.7 Å². The summed E-state index contributed by atoms with van der Waals surface area (Å²) in [6, 6.07) is 15.2. The molecule has 0 aliphatic heterocycles. The van der Waals surface area contributed by atoms with Gasteiger partial charge in [0.15, 0.2) is 0 Å². The Morgan fingerprint density at radius 1 is 1.15 bits per heavy atom. The second-order valence-electron chi connectivity index (χ2n) is 8.12. The molecule has 2 aromatic carbocycles. The van der Waals surface area contributed by atoms with Crippen LogP contribution in [0.15, 0.2) is 60.9 Å². The SMILES string of the molecule is Cc1cc(OCCCn2c(C(C)NC(=O)c3cccnc3)nc3ccccc32)cc(C)c1Cl. The summed E-state index contributed by atoms with van der Waals surface area (Å²) in [7, 11) is 0. The largest absolute Gasteiger partial charge is 0.494 e. The molecule has 0 radical (unpaired) electrons. The van der Waals surface area contributed by atoms with Crippen LogP contribution in [0.5, 0.6) is 5.75 Å². The van der Waals surface area contributed by atoms with E-state index in [0.29, 0.717) is 18.7 Å². The van der Waals surface area contributed by atoms with E-state index in [1.807, 2.05) is 57.2 Å². The molecule has 0 aliphatic carbocycles. The minimum absolute atomic E-state index is 0.175. The van der Waals surface area contributed by atoms with E-state index in [1.165, 1.54) is 0 Å². The Labute approximate surface area is 198 Å². The highest BCUT2D eigenvalue weighted by molar-refractivity contribution is 6.32. The van der Waals surface area contributed by atoms with E-state index in [9.17, 15) is 4.79 Å². The standard InChI is InChI=1S/C26H27ClN4O2/c1-17-14-21(15-18(2)24(17)27)33-13-7-12-31-23-10-5-4-9-22(23)30-25(31)19(3)29-26(32)20-8-6-11-28-16-20/h4-6,8-11,14-16,19H,7,12-13H2,1-3H3,(H,29,32). The minimum Gasteiger partial charge on any atom is -0.494 e. The molecule has 33 heavy (non-hydrogen) atoms. The van der Waals surface area contributed by atoms with Crippen LogP contribution >= 0.6 is 11.6 Å². The van der Waals surface area contributed by atoms with Crippen molar-refractivity contribution >= 4 is 28.5 Å². The maximum absolute atomic E-state index is 12.6. The van der Waals surface area contributed by atoms with Gasteiger partial charge >= 0.3 is 0 Å². The number of imidazole rings is 1. The first-order chi connectivity index (χ1) is 15.9. The number of nitrogens with zero attached hydrogens (tertiary/aromatic N) is 3. The summed E-state index contributed by atoms with van der Waals surface area (Å²) < 4.78 is 8.14. The summed E-state index contributed by atoms with van der Waals surface area (Å²) in [5, 5.41) is 3.82. The number of hydrogen-bond donors (Lipinski definition) is 1. The molecule has 0 saturated heterocycles. The molecule has 1 atom stereocenters. The lowest BCUT2D eigenvalue weighted by Gasteiger charge is -2.17. The average Bonchev–Trinajstić information content (AvgIpc) is 3.19. The number of halogens is 1. The number of fused-ring (bicyclic) bond motifs is 1. The molecular weight excluding hydrogens is 436 g/mol. The molecular formula is C26H27ClN4O2. The molecule has 0 spiro atoms. The molecule has 4 rings (SSSR count). The highest BCUT2D eigenvalue weighted by Crippen LogP contribution is 2.26. The fourth-order valence-corrected chi connectivity index (χ4v) is 4.01. The fraction of sp³-hybridized carbons (Fsp3) is 0.269. The van der Waals surface area contributed by atoms with E-state index in [1.54, 1.807) is 24.5 Å². The highest BCUT2D eigenvalue weighted by Gasteiger charge is 2.19. The van der Waals surface area contributed by atoms with Gasteiger partial charge in [-0.25, -0.2) is 4.98 Å². The second kappa shape index (κ2) is 10.0. The molecule has 4 aromatic rings. The first-order valence-electron chi connectivity index (χ1n) is 11.0.